The summed E-state index contributed by atoms with van der Waals surface area (Å²) in [5.74, 6) is -0.895. The van der Waals surface area contributed by atoms with Gasteiger partial charge in [-0.1, -0.05) is 6.07 Å². The number of nitrogens with one attached hydrogen (secondary N) is 2. The average Bonchev–Trinajstić information content (AvgIpc) is 3.17. The number of hydrogen-bond donors (Lipinski definition) is 2. The molecular weight excluding hydrogens is 362 g/mol. The lowest BCUT2D eigenvalue weighted by Gasteiger charge is -2.09. The molecule has 0 unspecified atom stereocenters. The first-order valence-electron chi connectivity index (χ1n) is 9.07. The Morgan fingerprint density at radius 2 is 1.79 bits per heavy atom. The van der Waals surface area contributed by atoms with E-state index in [-0.39, 0.29) is 18.2 Å². The van der Waals surface area contributed by atoms with Crippen LogP contribution in [0.15, 0.2) is 42.5 Å². The van der Waals surface area contributed by atoms with E-state index in [9.17, 15) is 19.7 Å². The molecule has 0 saturated heterocycles. The summed E-state index contributed by atoms with van der Waals surface area (Å²) in [5.41, 5.74) is 3.64. The van der Waals surface area contributed by atoms with E-state index in [2.05, 4.69) is 10.6 Å². The third-order valence-corrected chi connectivity index (χ3v) is 4.52. The highest BCUT2D eigenvalue weighted by Crippen LogP contribution is 2.23. The van der Waals surface area contributed by atoms with Gasteiger partial charge in [0.2, 0.25) is 0 Å². The van der Waals surface area contributed by atoms with Crippen LogP contribution in [0.2, 0.25) is 0 Å². The number of amides is 1. The normalized spacial score (nSPS) is 12.1. The van der Waals surface area contributed by atoms with E-state index in [1.807, 2.05) is 12.1 Å². The van der Waals surface area contributed by atoms with Crippen LogP contribution >= 0.6 is 0 Å². The van der Waals surface area contributed by atoms with E-state index < -0.39 is 10.9 Å². The van der Waals surface area contributed by atoms with E-state index in [1.54, 1.807) is 18.2 Å². The fourth-order valence-corrected chi connectivity index (χ4v) is 3.07. The van der Waals surface area contributed by atoms with Crippen molar-refractivity contribution in [3.63, 3.8) is 0 Å². The van der Waals surface area contributed by atoms with Crippen LogP contribution in [-0.4, -0.2) is 36.5 Å². The number of nitrogens with zero attached hydrogens (tertiary/aromatic N) is 1. The van der Waals surface area contributed by atoms with Crippen molar-refractivity contribution >= 4 is 23.3 Å². The monoisotopic (exact) mass is 383 g/mol. The molecule has 146 valence electrons. The number of fused-ring (bicyclic) bond motifs is 1. The number of carbonyl (C=O) groups excluding carboxylic acids is 2. The van der Waals surface area contributed by atoms with Crippen LogP contribution in [-0.2, 0) is 22.4 Å². The van der Waals surface area contributed by atoms with E-state index >= 15 is 0 Å². The number of carbonyl (C=O) groups is 2. The molecule has 0 bridgehead atoms. The highest BCUT2D eigenvalue weighted by Gasteiger charge is 2.15. The van der Waals surface area contributed by atoms with Gasteiger partial charge in [0, 0.05) is 30.9 Å². The van der Waals surface area contributed by atoms with Gasteiger partial charge in [-0.25, -0.2) is 4.79 Å². The van der Waals surface area contributed by atoms with Crippen LogP contribution in [0.4, 0.5) is 11.4 Å². The summed E-state index contributed by atoms with van der Waals surface area (Å²) in [6.07, 6.45) is 3.11. The number of nitro benzene ring substituents is 1. The maximum Gasteiger partial charge on any atom is 0.338 e. The number of benzene rings is 2. The summed E-state index contributed by atoms with van der Waals surface area (Å²) in [4.78, 5) is 34.0. The Labute approximate surface area is 162 Å². The summed E-state index contributed by atoms with van der Waals surface area (Å²) >= 11 is 0. The number of anilines is 1. The van der Waals surface area contributed by atoms with Crippen LogP contribution < -0.4 is 10.6 Å². The van der Waals surface area contributed by atoms with E-state index in [0.29, 0.717) is 24.3 Å². The SMILES string of the molecule is O=C(COC(=O)c1ccc2c(c1)CCC2)NCCNc1ccc([N+](=O)[O-])cc1. The largest absolute Gasteiger partial charge is 0.452 e. The number of ether oxygens (including phenoxy) is 1. The van der Waals surface area contributed by atoms with Gasteiger partial charge in [0.15, 0.2) is 6.61 Å². The number of aryl methyl sites for hydroxylation is 2. The van der Waals surface area contributed by atoms with Gasteiger partial charge in [0.05, 0.1) is 10.5 Å². The molecule has 0 fully saturated rings. The molecule has 0 saturated carbocycles. The summed E-state index contributed by atoms with van der Waals surface area (Å²) in [6, 6.07) is 11.5. The second kappa shape index (κ2) is 8.98. The fourth-order valence-electron chi connectivity index (χ4n) is 3.07. The summed E-state index contributed by atoms with van der Waals surface area (Å²) in [6.45, 7) is 0.419. The second-order valence-electron chi connectivity index (χ2n) is 6.49. The first kappa shape index (κ1) is 19.3. The van der Waals surface area contributed by atoms with Crippen molar-refractivity contribution in [1.82, 2.24) is 5.32 Å². The topological polar surface area (TPSA) is 111 Å². The van der Waals surface area contributed by atoms with Gasteiger partial charge in [-0.05, 0) is 54.7 Å². The molecule has 28 heavy (non-hydrogen) atoms. The zero-order valence-electron chi connectivity index (χ0n) is 15.3. The van der Waals surface area contributed by atoms with Crippen molar-refractivity contribution in [3.05, 3.63) is 69.3 Å². The van der Waals surface area contributed by atoms with Crippen molar-refractivity contribution in [2.24, 2.45) is 0 Å². The van der Waals surface area contributed by atoms with E-state index in [4.69, 9.17) is 4.74 Å². The lowest BCUT2D eigenvalue weighted by Crippen LogP contribution is -2.32. The zero-order chi connectivity index (χ0) is 19.9. The Balaban J connectivity index is 1.35. The molecule has 1 amide bonds. The standard InChI is InChI=1S/C20H21N3O5/c24-19(22-11-10-21-17-6-8-18(9-7-17)23(26)27)13-28-20(25)16-5-4-14-2-1-3-15(14)12-16/h4-9,12,21H,1-3,10-11,13H2,(H,22,24). The zero-order valence-corrected chi connectivity index (χ0v) is 15.3. The van der Waals surface area contributed by atoms with Crippen molar-refractivity contribution in [2.75, 3.05) is 25.0 Å². The Hall–Kier alpha value is -3.42. The van der Waals surface area contributed by atoms with Crippen molar-refractivity contribution < 1.29 is 19.2 Å². The quantitative estimate of drug-likeness (QED) is 0.314. The number of nitro groups is 1. The van der Waals surface area contributed by atoms with Crippen molar-refractivity contribution in [1.29, 1.82) is 0 Å². The molecule has 8 nitrogen and oxygen atoms in total. The maximum absolute atomic E-state index is 12.1. The van der Waals surface area contributed by atoms with Crippen LogP contribution in [0.25, 0.3) is 0 Å². The van der Waals surface area contributed by atoms with E-state index in [0.717, 1.165) is 19.3 Å². The Bertz CT molecular complexity index is 880. The number of esters is 1. The third kappa shape index (κ3) is 5.06. The predicted molar refractivity (Wildman–Crippen MR) is 103 cm³/mol. The summed E-state index contributed by atoms with van der Waals surface area (Å²) in [5, 5.41) is 16.3. The van der Waals surface area contributed by atoms with E-state index in [1.165, 1.54) is 23.3 Å². The third-order valence-electron chi connectivity index (χ3n) is 4.52. The minimum atomic E-state index is -0.506. The smallest absolute Gasteiger partial charge is 0.338 e. The molecule has 0 aromatic heterocycles. The molecule has 2 aromatic rings. The van der Waals surface area contributed by atoms with Gasteiger partial charge in [-0.3, -0.25) is 14.9 Å². The summed E-state index contributed by atoms with van der Waals surface area (Å²) < 4.78 is 5.07. The number of non-ortho nitro benzene ring substituents is 1. The summed E-state index contributed by atoms with van der Waals surface area (Å²) in [7, 11) is 0. The van der Waals surface area contributed by atoms with Crippen LogP contribution in [0.5, 0.6) is 0 Å². The first-order chi connectivity index (χ1) is 13.5. The number of rotatable bonds is 8. The molecule has 0 spiro atoms. The number of hydrogen-bond acceptors (Lipinski definition) is 6. The first-order valence-corrected chi connectivity index (χ1v) is 9.07. The van der Waals surface area contributed by atoms with Crippen LogP contribution in [0.1, 0.15) is 27.9 Å². The minimum absolute atomic E-state index is 0.0176. The van der Waals surface area contributed by atoms with Gasteiger partial charge in [-0.15, -0.1) is 0 Å². The molecule has 0 heterocycles. The lowest BCUT2D eigenvalue weighted by atomic mass is 10.1. The van der Waals surface area contributed by atoms with Gasteiger partial charge < -0.3 is 15.4 Å². The molecule has 2 N–H and O–H groups in total. The molecular formula is C20H21N3O5. The van der Waals surface area contributed by atoms with Crippen LogP contribution in [0, 0.1) is 10.1 Å². The molecule has 2 aromatic carbocycles. The minimum Gasteiger partial charge on any atom is -0.452 e. The molecule has 3 rings (SSSR count). The second-order valence-corrected chi connectivity index (χ2v) is 6.49. The fraction of sp³-hybridized carbons (Fsp3) is 0.300. The lowest BCUT2D eigenvalue weighted by molar-refractivity contribution is -0.384. The van der Waals surface area contributed by atoms with Gasteiger partial charge >= 0.3 is 5.97 Å². The van der Waals surface area contributed by atoms with Gasteiger partial charge in [-0.2, -0.15) is 0 Å². The van der Waals surface area contributed by atoms with Gasteiger partial charge in [0.1, 0.15) is 0 Å². The molecule has 0 radical (unpaired) electrons. The molecule has 8 heteroatoms. The highest BCUT2D eigenvalue weighted by atomic mass is 16.6. The van der Waals surface area contributed by atoms with Gasteiger partial charge in [0.25, 0.3) is 11.6 Å². The Morgan fingerprint density at radius 1 is 1.04 bits per heavy atom. The maximum atomic E-state index is 12.1. The van der Waals surface area contributed by atoms with Crippen LogP contribution in [0.3, 0.4) is 0 Å². The van der Waals surface area contributed by atoms with Crippen molar-refractivity contribution in [2.45, 2.75) is 19.3 Å². The molecule has 1 aliphatic rings. The Morgan fingerprint density at radius 3 is 2.54 bits per heavy atom. The molecule has 0 aliphatic heterocycles. The Kier molecular flexibility index (Phi) is 6.21. The predicted octanol–water partition coefficient (Wildman–Crippen LogP) is 2.47. The van der Waals surface area contributed by atoms with Crippen molar-refractivity contribution in [3.8, 4) is 0 Å². The molecule has 0 atom stereocenters. The average molecular weight is 383 g/mol. The molecule has 1 aliphatic carbocycles. The highest BCUT2D eigenvalue weighted by molar-refractivity contribution is 5.91.